The van der Waals surface area contributed by atoms with E-state index in [0.29, 0.717) is 32.9 Å². The summed E-state index contributed by atoms with van der Waals surface area (Å²) in [7, 11) is 0. The maximum absolute atomic E-state index is 14.6. The number of benzene rings is 1. The number of esters is 1. The lowest BCUT2D eigenvalue weighted by Crippen LogP contribution is -2.53. The molecule has 0 aliphatic heterocycles. The Kier molecular flexibility index (Phi) is 9.96. The summed E-state index contributed by atoms with van der Waals surface area (Å²) in [5.41, 5.74) is -1.62. The minimum absolute atomic E-state index is 0.141. The fourth-order valence-electron chi connectivity index (χ4n) is 4.89. The molecule has 0 aliphatic carbocycles. The number of rotatable bonds is 12. The Morgan fingerprint density at radius 1 is 1.23 bits per heavy atom. The number of ether oxygens (including phenoxy) is 2. The van der Waals surface area contributed by atoms with Gasteiger partial charge in [-0.2, -0.15) is 15.5 Å². The largest absolute Gasteiger partial charge is 0.464 e. The van der Waals surface area contributed by atoms with Crippen LogP contribution in [0.3, 0.4) is 0 Å². The van der Waals surface area contributed by atoms with Gasteiger partial charge in [0.15, 0.2) is 0 Å². The summed E-state index contributed by atoms with van der Waals surface area (Å²) < 4.78 is 28.6. The quantitative estimate of drug-likeness (QED) is 0.122. The molecule has 4 aromatic rings. The lowest BCUT2D eigenvalue weighted by Gasteiger charge is -2.28. The van der Waals surface area contributed by atoms with Crippen LogP contribution in [-0.4, -0.2) is 42.8 Å². The van der Waals surface area contributed by atoms with Crippen molar-refractivity contribution in [3.8, 4) is 11.1 Å². The molecule has 0 spiro atoms. The number of aryl methyl sites for hydroxylation is 1. The molecule has 232 valence electrons. The molecule has 44 heavy (non-hydrogen) atoms. The molecule has 4 rings (SSSR count). The number of allylic oxidation sites excluding steroid dienone is 1. The predicted molar refractivity (Wildman–Crippen MR) is 165 cm³/mol. The minimum Gasteiger partial charge on any atom is -0.464 e. The van der Waals surface area contributed by atoms with Gasteiger partial charge in [0, 0.05) is 11.6 Å². The monoisotopic (exact) mass is 622 g/mol. The Morgan fingerprint density at radius 3 is 2.57 bits per heavy atom. The van der Waals surface area contributed by atoms with Crippen molar-refractivity contribution in [2.45, 2.75) is 78.7 Å². The number of aromatic nitrogens is 5. The number of carbonyl (C=O) groups excluding carboxylic acids is 1. The van der Waals surface area contributed by atoms with Gasteiger partial charge in [-0.3, -0.25) is 9.36 Å². The topological polar surface area (TPSA) is 134 Å². The van der Waals surface area contributed by atoms with Gasteiger partial charge in [-0.05, 0) is 70.4 Å². The zero-order chi connectivity index (χ0) is 32.2. The number of hydrogen-bond donors (Lipinski definition) is 0. The smallest absolute Gasteiger partial charge is 0.333 e. The highest BCUT2D eigenvalue weighted by atomic mass is 32.1. The van der Waals surface area contributed by atoms with Gasteiger partial charge in [0.1, 0.15) is 27.3 Å². The van der Waals surface area contributed by atoms with Crippen molar-refractivity contribution in [3.63, 3.8) is 0 Å². The fraction of sp³-hybridized carbons (Fsp3) is 0.419. The Balaban J connectivity index is 2.02. The molecule has 1 atom stereocenters. The molecule has 0 bridgehead atoms. The third-order valence-electron chi connectivity index (χ3n) is 7.10. The van der Waals surface area contributed by atoms with Crippen molar-refractivity contribution in [2.75, 3.05) is 6.61 Å². The first kappa shape index (κ1) is 32.5. The van der Waals surface area contributed by atoms with Crippen LogP contribution in [0.4, 0.5) is 4.39 Å². The minimum atomic E-state index is -1.66. The van der Waals surface area contributed by atoms with Crippen molar-refractivity contribution in [2.24, 2.45) is 0 Å². The number of thiophene rings is 1. The third kappa shape index (κ3) is 6.41. The van der Waals surface area contributed by atoms with Gasteiger partial charge in [-0.15, -0.1) is 4.80 Å². The third-order valence-corrected chi connectivity index (χ3v) is 8.38. The zero-order valence-electron chi connectivity index (χ0n) is 25.5. The molecule has 3 aromatic heterocycles. The van der Waals surface area contributed by atoms with E-state index >= 15 is 0 Å². The molecule has 0 saturated carbocycles. The van der Waals surface area contributed by atoms with Gasteiger partial charge in [0.2, 0.25) is 0 Å². The molecule has 0 saturated heterocycles. The van der Waals surface area contributed by atoms with E-state index in [-0.39, 0.29) is 24.6 Å². The maximum atomic E-state index is 14.6. The summed E-state index contributed by atoms with van der Waals surface area (Å²) in [5, 5.41) is 18.3. The van der Waals surface area contributed by atoms with Gasteiger partial charge in [0.05, 0.1) is 43.1 Å². The van der Waals surface area contributed by atoms with Gasteiger partial charge in [-0.1, -0.05) is 30.7 Å². The Morgan fingerprint density at radius 2 is 1.93 bits per heavy atom. The summed E-state index contributed by atoms with van der Waals surface area (Å²) in [6, 6.07) is 6.04. The van der Waals surface area contributed by atoms with E-state index in [9.17, 15) is 18.8 Å². The molecule has 0 aliphatic rings. The number of halogens is 1. The van der Waals surface area contributed by atoms with Crippen LogP contribution in [0.25, 0.3) is 21.3 Å². The maximum Gasteiger partial charge on any atom is 0.333 e. The number of fused-ring (bicyclic) bond motifs is 1. The number of hydrogen-bond acceptors (Lipinski definition) is 9. The second kappa shape index (κ2) is 13.5. The van der Waals surface area contributed by atoms with E-state index in [1.807, 2.05) is 26.8 Å². The van der Waals surface area contributed by atoms with Crippen molar-refractivity contribution in [1.29, 1.82) is 5.26 Å². The Hall–Kier alpha value is -4.41. The molecule has 0 amide bonds. The first-order valence-corrected chi connectivity index (χ1v) is 15.1. The molecule has 11 nitrogen and oxygen atoms in total. The van der Waals surface area contributed by atoms with E-state index in [1.165, 1.54) is 66.0 Å². The van der Waals surface area contributed by atoms with Crippen molar-refractivity contribution in [1.82, 2.24) is 24.1 Å². The van der Waals surface area contributed by atoms with Crippen LogP contribution in [-0.2, 0) is 26.4 Å². The average molecular weight is 623 g/mol. The zero-order valence-corrected chi connectivity index (χ0v) is 26.4. The van der Waals surface area contributed by atoms with Gasteiger partial charge in [-0.25, -0.2) is 18.5 Å². The normalized spacial score (nSPS) is 12.7. The summed E-state index contributed by atoms with van der Waals surface area (Å²) in [6.07, 6.45) is 6.01. The van der Waals surface area contributed by atoms with Gasteiger partial charge in [0.25, 0.3) is 5.56 Å². The second-order valence-corrected chi connectivity index (χ2v) is 12.0. The highest BCUT2D eigenvalue weighted by Gasteiger charge is 2.37. The molecule has 0 fully saturated rings. The Bertz CT molecular complexity index is 1850. The molecule has 3 heterocycles. The van der Waals surface area contributed by atoms with Crippen LogP contribution in [0, 0.1) is 24.1 Å². The van der Waals surface area contributed by atoms with Crippen LogP contribution >= 0.6 is 11.3 Å². The molecular formula is C31H35FN6O5S. The van der Waals surface area contributed by atoms with Crippen LogP contribution in [0.5, 0.6) is 0 Å². The molecule has 0 radical (unpaired) electrons. The number of unbranched alkanes of at least 4 members (excludes halogenated alkanes) is 1. The van der Waals surface area contributed by atoms with Crippen LogP contribution in [0.1, 0.15) is 70.3 Å². The van der Waals surface area contributed by atoms with Gasteiger partial charge < -0.3 is 9.47 Å². The molecule has 0 N–H and O–H groups in total. The molecule has 1 aromatic carbocycles. The molecule has 13 heteroatoms. The summed E-state index contributed by atoms with van der Waals surface area (Å²) in [5.74, 6) is -1.24. The van der Waals surface area contributed by atoms with Crippen LogP contribution in [0.2, 0.25) is 0 Å². The van der Waals surface area contributed by atoms with Crippen LogP contribution < -0.4 is 11.2 Å². The Labute approximate surface area is 257 Å². The van der Waals surface area contributed by atoms with Crippen molar-refractivity contribution in [3.05, 3.63) is 80.0 Å². The highest BCUT2D eigenvalue weighted by Crippen LogP contribution is 2.33. The number of nitrogens with zero attached hydrogens (tertiary/aromatic N) is 6. The average Bonchev–Trinajstić information content (AvgIpc) is 3.62. The first-order valence-electron chi connectivity index (χ1n) is 14.3. The molecule has 1 unspecified atom stereocenters. The van der Waals surface area contributed by atoms with Crippen LogP contribution in [0.15, 0.2) is 46.3 Å². The lowest BCUT2D eigenvalue weighted by molar-refractivity contribution is -0.153. The number of carbonyl (C=O) groups is 1. The van der Waals surface area contributed by atoms with E-state index in [2.05, 4.69) is 10.2 Å². The lowest BCUT2D eigenvalue weighted by atomic mass is 10.0. The van der Waals surface area contributed by atoms with Gasteiger partial charge >= 0.3 is 11.7 Å². The number of nitriles is 1. The van der Waals surface area contributed by atoms with E-state index in [4.69, 9.17) is 14.7 Å². The van der Waals surface area contributed by atoms with E-state index in [1.54, 1.807) is 6.92 Å². The fourth-order valence-corrected chi connectivity index (χ4v) is 6.11. The van der Waals surface area contributed by atoms with Crippen molar-refractivity contribution < 1.29 is 18.7 Å². The highest BCUT2D eigenvalue weighted by molar-refractivity contribution is 7.21. The SMILES string of the molecule is CCCCOC(=O)C(C)(C)n1c(=O)c2c(C)c(-n3nccn3)sc2n(CC(OC(C)C)c2cc(F)ccc2/C=C/C#N)c1=O. The summed E-state index contributed by atoms with van der Waals surface area (Å²) in [4.78, 5) is 43.5. The van der Waals surface area contributed by atoms with Crippen molar-refractivity contribution >= 4 is 33.6 Å². The van der Waals surface area contributed by atoms with E-state index < -0.39 is 34.7 Å². The standard InChI is InChI=1S/C31H35FN6O5S/c1-7-8-16-42-29(40)31(5,6)37-26(39)25-20(4)27(38-34-14-15-35-38)44-28(25)36(30(37)41)18-24(43-19(2)3)23-17-22(32)12-11-21(23)10-9-13-33/h9-12,14-15,17,19,24H,7-8,16,18H2,1-6H3/b10-9+. The second-order valence-electron chi connectivity index (χ2n) is 11.0. The summed E-state index contributed by atoms with van der Waals surface area (Å²) >= 11 is 1.14. The summed E-state index contributed by atoms with van der Waals surface area (Å²) in [6.45, 7) is 10.2. The molecular weight excluding hydrogens is 587 g/mol. The first-order chi connectivity index (χ1) is 20.9. The predicted octanol–water partition coefficient (Wildman–Crippen LogP) is 5.03. The van der Waals surface area contributed by atoms with E-state index in [0.717, 1.165) is 22.3 Å².